The fourth-order valence-electron chi connectivity index (χ4n) is 2.20. The number of carbonyl (C=O) groups excluding carboxylic acids is 1. The normalized spacial score (nSPS) is 23.7. The highest BCUT2D eigenvalue weighted by Crippen LogP contribution is 2.36. The van der Waals surface area contributed by atoms with Gasteiger partial charge < -0.3 is 15.2 Å². The van der Waals surface area contributed by atoms with Crippen molar-refractivity contribution in [3.05, 3.63) is 22.5 Å². The summed E-state index contributed by atoms with van der Waals surface area (Å²) in [5.41, 5.74) is 3.37. The molecule has 0 saturated carbocycles. The van der Waals surface area contributed by atoms with Crippen LogP contribution in [0.15, 0.2) is 11.0 Å². The van der Waals surface area contributed by atoms with Crippen molar-refractivity contribution in [3.63, 3.8) is 0 Å². The number of ether oxygens (including phenoxy) is 2. The standard InChI is InChI=1S/C15H18FN3O4/c1-4-15(8-22-13(20)9(2)3)6-5-11(23-15)19-7-10(16)12(17)18-14(19)21/h1,7,9,11H,5-6,8H2,2-3H3,(H2,17,18,21). The van der Waals surface area contributed by atoms with Crippen molar-refractivity contribution in [1.82, 2.24) is 9.55 Å². The number of hydrogen-bond donors (Lipinski definition) is 1. The summed E-state index contributed by atoms with van der Waals surface area (Å²) in [4.78, 5) is 26.8. The Kier molecular flexibility index (Phi) is 4.71. The molecule has 0 amide bonds. The van der Waals surface area contributed by atoms with Crippen LogP contribution in [-0.2, 0) is 14.3 Å². The highest BCUT2D eigenvalue weighted by Gasteiger charge is 2.41. The van der Waals surface area contributed by atoms with Gasteiger partial charge in [-0.05, 0) is 12.8 Å². The first-order chi connectivity index (χ1) is 10.8. The number of anilines is 1. The van der Waals surface area contributed by atoms with Crippen molar-refractivity contribution >= 4 is 11.8 Å². The molecule has 1 aliphatic heterocycles. The zero-order valence-electron chi connectivity index (χ0n) is 12.9. The smallest absolute Gasteiger partial charge is 0.351 e. The molecule has 0 aromatic carbocycles. The van der Waals surface area contributed by atoms with Gasteiger partial charge in [0.15, 0.2) is 17.2 Å². The van der Waals surface area contributed by atoms with Gasteiger partial charge in [0.25, 0.3) is 0 Å². The third kappa shape index (κ3) is 3.51. The minimum absolute atomic E-state index is 0.128. The lowest BCUT2D eigenvalue weighted by Gasteiger charge is -2.24. The van der Waals surface area contributed by atoms with Gasteiger partial charge in [-0.2, -0.15) is 4.98 Å². The van der Waals surface area contributed by atoms with Crippen molar-refractivity contribution in [2.24, 2.45) is 5.92 Å². The summed E-state index contributed by atoms with van der Waals surface area (Å²) in [6, 6.07) is 0. The second kappa shape index (κ2) is 6.38. The Hall–Kier alpha value is -2.40. The summed E-state index contributed by atoms with van der Waals surface area (Å²) in [6.45, 7) is 3.27. The second-order valence-corrected chi connectivity index (χ2v) is 5.68. The predicted molar refractivity (Wildman–Crippen MR) is 79.6 cm³/mol. The molecule has 1 aromatic rings. The predicted octanol–water partition coefficient (Wildman–Crippen LogP) is 0.845. The van der Waals surface area contributed by atoms with E-state index in [0.29, 0.717) is 12.8 Å². The average Bonchev–Trinajstić information content (AvgIpc) is 2.93. The van der Waals surface area contributed by atoms with Gasteiger partial charge in [0.05, 0.1) is 12.1 Å². The number of aromatic nitrogens is 2. The third-order valence-electron chi connectivity index (χ3n) is 3.58. The van der Waals surface area contributed by atoms with Crippen LogP contribution in [0.25, 0.3) is 0 Å². The van der Waals surface area contributed by atoms with E-state index >= 15 is 0 Å². The largest absolute Gasteiger partial charge is 0.461 e. The molecule has 1 aromatic heterocycles. The van der Waals surface area contributed by atoms with Crippen LogP contribution in [0.3, 0.4) is 0 Å². The van der Waals surface area contributed by atoms with Crippen LogP contribution >= 0.6 is 0 Å². The van der Waals surface area contributed by atoms with Crippen molar-refractivity contribution < 1.29 is 18.7 Å². The van der Waals surface area contributed by atoms with E-state index in [1.807, 2.05) is 0 Å². The molecule has 1 fully saturated rings. The molecule has 2 heterocycles. The Morgan fingerprint density at radius 2 is 2.43 bits per heavy atom. The van der Waals surface area contributed by atoms with E-state index in [2.05, 4.69) is 10.9 Å². The number of nitrogens with two attached hydrogens (primary N) is 1. The van der Waals surface area contributed by atoms with Crippen LogP contribution in [0.4, 0.5) is 10.2 Å². The molecule has 7 nitrogen and oxygen atoms in total. The number of hydrogen-bond acceptors (Lipinski definition) is 6. The average molecular weight is 323 g/mol. The van der Waals surface area contributed by atoms with Crippen LogP contribution in [-0.4, -0.2) is 27.7 Å². The molecule has 2 unspecified atom stereocenters. The summed E-state index contributed by atoms with van der Waals surface area (Å²) in [7, 11) is 0. The van der Waals surface area contributed by atoms with Crippen molar-refractivity contribution in [1.29, 1.82) is 0 Å². The van der Waals surface area contributed by atoms with E-state index in [-0.39, 0.29) is 12.5 Å². The molecule has 1 aliphatic rings. The first-order valence-corrected chi connectivity index (χ1v) is 7.14. The van der Waals surface area contributed by atoms with E-state index in [1.165, 1.54) is 0 Å². The quantitative estimate of drug-likeness (QED) is 0.652. The number of nitrogen functional groups attached to an aromatic ring is 1. The van der Waals surface area contributed by atoms with Crippen LogP contribution in [0.1, 0.15) is 32.9 Å². The topological polar surface area (TPSA) is 96.4 Å². The van der Waals surface area contributed by atoms with Gasteiger partial charge in [-0.25, -0.2) is 9.18 Å². The molecule has 23 heavy (non-hydrogen) atoms. The van der Waals surface area contributed by atoms with Gasteiger partial charge >= 0.3 is 11.7 Å². The first kappa shape index (κ1) is 17.0. The van der Waals surface area contributed by atoms with E-state index < -0.39 is 35.1 Å². The maximum Gasteiger partial charge on any atom is 0.351 e. The van der Waals surface area contributed by atoms with Gasteiger partial charge in [-0.3, -0.25) is 9.36 Å². The highest BCUT2D eigenvalue weighted by atomic mass is 19.1. The third-order valence-corrected chi connectivity index (χ3v) is 3.58. The van der Waals surface area contributed by atoms with Gasteiger partial charge in [0.1, 0.15) is 12.8 Å². The van der Waals surface area contributed by atoms with Crippen LogP contribution in [0.2, 0.25) is 0 Å². The maximum atomic E-state index is 13.5. The Morgan fingerprint density at radius 3 is 3.04 bits per heavy atom. The highest BCUT2D eigenvalue weighted by molar-refractivity contribution is 5.71. The Bertz CT molecular complexity index is 710. The van der Waals surface area contributed by atoms with Gasteiger partial charge in [0.2, 0.25) is 0 Å². The summed E-state index contributed by atoms with van der Waals surface area (Å²) in [5, 5.41) is 0. The number of nitrogens with zero attached hydrogens (tertiary/aromatic N) is 2. The molecule has 124 valence electrons. The van der Waals surface area contributed by atoms with Crippen molar-refractivity contribution in [3.8, 4) is 12.3 Å². The lowest BCUT2D eigenvalue weighted by atomic mass is 10.0. The lowest BCUT2D eigenvalue weighted by molar-refractivity contribution is -0.156. The van der Waals surface area contributed by atoms with E-state index in [0.717, 1.165) is 10.8 Å². The number of esters is 1. The zero-order valence-corrected chi connectivity index (χ0v) is 12.9. The Balaban J connectivity index is 2.15. The van der Waals surface area contributed by atoms with Crippen LogP contribution in [0, 0.1) is 24.1 Å². The van der Waals surface area contributed by atoms with Crippen molar-refractivity contribution in [2.45, 2.75) is 38.5 Å². The number of rotatable bonds is 4. The molecular formula is C15H18FN3O4. The molecule has 2 N–H and O–H groups in total. The SMILES string of the molecule is C#CC1(COC(=O)C(C)C)CCC(n2cc(F)c(N)nc2=O)O1. The monoisotopic (exact) mass is 323 g/mol. The van der Waals surface area contributed by atoms with Gasteiger partial charge in [0, 0.05) is 0 Å². The van der Waals surface area contributed by atoms with Crippen LogP contribution < -0.4 is 11.4 Å². The number of carbonyl (C=O) groups is 1. The second-order valence-electron chi connectivity index (χ2n) is 5.68. The molecule has 0 spiro atoms. The molecule has 0 radical (unpaired) electrons. The molecule has 2 rings (SSSR count). The minimum Gasteiger partial charge on any atom is -0.461 e. The fourth-order valence-corrected chi connectivity index (χ4v) is 2.20. The number of terminal acetylenes is 1. The van der Waals surface area contributed by atoms with Crippen LogP contribution in [0.5, 0.6) is 0 Å². The minimum atomic E-state index is -1.15. The fraction of sp³-hybridized carbons (Fsp3) is 0.533. The molecule has 8 heteroatoms. The van der Waals surface area contributed by atoms with Gasteiger partial charge in [-0.1, -0.05) is 19.8 Å². The zero-order chi connectivity index (χ0) is 17.2. The summed E-state index contributed by atoms with van der Waals surface area (Å²) in [5.74, 6) is 0.477. The van der Waals surface area contributed by atoms with E-state index in [4.69, 9.17) is 21.6 Å². The first-order valence-electron chi connectivity index (χ1n) is 7.14. The lowest BCUT2D eigenvalue weighted by Crippen LogP contribution is -2.36. The van der Waals surface area contributed by atoms with E-state index in [9.17, 15) is 14.0 Å². The molecule has 0 bridgehead atoms. The molecule has 1 saturated heterocycles. The van der Waals surface area contributed by atoms with Crippen molar-refractivity contribution in [2.75, 3.05) is 12.3 Å². The summed E-state index contributed by atoms with van der Waals surface area (Å²) >= 11 is 0. The summed E-state index contributed by atoms with van der Waals surface area (Å²) in [6.07, 6.45) is 6.35. The van der Waals surface area contributed by atoms with E-state index in [1.54, 1.807) is 13.8 Å². The molecule has 2 atom stereocenters. The molecule has 0 aliphatic carbocycles. The summed E-state index contributed by atoms with van der Waals surface area (Å²) < 4.78 is 25.3. The van der Waals surface area contributed by atoms with Gasteiger partial charge in [-0.15, -0.1) is 6.42 Å². The molecular weight excluding hydrogens is 305 g/mol. The number of halogens is 1. The maximum absolute atomic E-state index is 13.5. The Morgan fingerprint density at radius 1 is 1.74 bits per heavy atom. The Labute approximate surface area is 132 Å².